The Labute approximate surface area is 333 Å². The lowest BCUT2D eigenvalue weighted by molar-refractivity contribution is 0.620. The summed E-state index contributed by atoms with van der Waals surface area (Å²) in [6.07, 6.45) is 0. The summed E-state index contributed by atoms with van der Waals surface area (Å²) in [5.74, 6) is 0.620. The average molecular weight is 744 g/mol. The molecule has 0 spiro atoms. The van der Waals surface area contributed by atoms with Gasteiger partial charge in [-0.1, -0.05) is 109 Å². The fourth-order valence-corrected chi connectivity index (χ4v) is 8.75. The first-order chi connectivity index (χ1) is 28.7. The van der Waals surface area contributed by atoms with E-state index in [0.29, 0.717) is 5.89 Å². The summed E-state index contributed by atoms with van der Waals surface area (Å²) >= 11 is 0. The minimum Gasteiger partial charge on any atom is -0.456 e. The molecule has 0 atom stereocenters. The fraction of sp³-hybridized carbons (Fsp3) is 0. The van der Waals surface area contributed by atoms with Crippen LogP contribution in [0, 0.1) is 0 Å². The van der Waals surface area contributed by atoms with E-state index in [-0.39, 0.29) is 0 Å². The first-order valence-electron chi connectivity index (χ1n) is 19.5. The smallest absolute Gasteiger partial charge is 0.227 e. The maximum Gasteiger partial charge on any atom is 0.227 e. The Balaban J connectivity index is 1.03. The van der Waals surface area contributed by atoms with Crippen molar-refractivity contribution >= 4 is 82.7 Å². The highest BCUT2D eigenvalue weighted by molar-refractivity contribution is 6.13. The van der Waals surface area contributed by atoms with Crippen molar-refractivity contribution in [3.63, 3.8) is 0 Å². The van der Waals surface area contributed by atoms with Gasteiger partial charge in [-0.05, 0) is 101 Å². The van der Waals surface area contributed by atoms with Gasteiger partial charge in [0.1, 0.15) is 16.7 Å². The molecule has 0 saturated heterocycles. The predicted octanol–water partition coefficient (Wildman–Crippen LogP) is 14.8. The molecule has 0 aliphatic carbocycles. The average Bonchev–Trinajstić information content (AvgIpc) is 3.99. The SMILES string of the molecule is c1ccc(-c2nc3c(cc(-c4ccc(N(c5ccc6c(c5)oc5ccccc56)c5ccc6c(c5)c5ccccc5n6-c5ccccc5)cc4)c4ccccc43)o2)cc1. The molecular formula is C53H33N3O2. The zero-order valence-electron chi connectivity index (χ0n) is 31.2. The quantitative estimate of drug-likeness (QED) is 0.170. The predicted molar refractivity (Wildman–Crippen MR) is 239 cm³/mol. The number of oxazole rings is 1. The third kappa shape index (κ3) is 5.07. The van der Waals surface area contributed by atoms with E-state index in [1.165, 1.54) is 16.3 Å². The molecule has 0 bridgehead atoms. The van der Waals surface area contributed by atoms with E-state index in [4.69, 9.17) is 13.8 Å². The van der Waals surface area contributed by atoms with Gasteiger partial charge in [-0.3, -0.25) is 0 Å². The van der Waals surface area contributed by atoms with Gasteiger partial charge in [-0.2, -0.15) is 0 Å². The van der Waals surface area contributed by atoms with Crippen LogP contribution >= 0.6 is 0 Å². The van der Waals surface area contributed by atoms with Gasteiger partial charge in [0.15, 0.2) is 5.58 Å². The maximum absolute atomic E-state index is 6.43. The van der Waals surface area contributed by atoms with Crippen LogP contribution in [-0.2, 0) is 0 Å². The molecule has 0 amide bonds. The minimum absolute atomic E-state index is 0.620. The van der Waals surface area contributed by atoms with Crippen LogP contribution < -0.4 is 4.90 Å². The van der Waals surface area contributed by atoms with Gasteiger partial charge in [-0.15, -0.1) is 0 Å². The molecule has 3 heterocycles. The van der Waals surface area contributed by atoms with Gasteiger partial charge < -0.3 is 18.3 Å². The van der Waals surface area contributed by atoms with Crippen molar-refractivity contribution in [2.75, 3.05) is 4.90 Å². The molecular weight excluding hydrogens is 711 g/mol. The zero-order chi connectivity index (χ0) is 38.2. The van der Waals surface area contributed by atoms with E-state index in [1.807, 2.05) is 42.5 Å². The van der Waals surface area contributed by atoms with Crippen molar-refractivity contribution in [3.8, 4) is 28.3 Å². The lowest BCUT2D eigenvalue weighted by atomic mass is 9.97. The standard InChI is InChI=1S/C53H33N3O2/c1-3-13-35(14-4-1)53-54-52-44-20-8-7-17-40(44)45(33-51(52)58-53)34-23-25-37(26-24-34)55(39-27-29-43-42-19-10-12-22-49(42)57-50(43)32-39)38-28-30-48-46(31-38)41-18-9-11-21-47(41)56(48)36-15-5-2-6-16-36/h1-33H. The second-order valence-electron chi connectivity index (χ2n) is 14.8. The van der Waals surface area contributed by atoms with Crippen LogP contribution in [0.1, 0.15) is 0 Å². The first-order valence-corrected chi connectivity index (χ1v) is 19.5. The highest BCUT2D eigenvalue weighted by Gasteiger charge is 2.20. The Bertz CT molecular complexity index is 3510. The van der Waals surface area contributed by atoms with Gasteiger partial charge in [0, 0.05) is 61.3 Å². The molecule has 5 nitrogen and oxygen atoms in total. The van der Waals surface area contributed by atoms with E-state index in [1.54, 1.807) is 0 Å². The van der Waals surface area contributed by atoms with Gasteiger partial charge >= 0.3 is 0 Å². The number of nitrogens with zero attached hydrogens (tertiary/aromatic N) is 3. The summed E-state index contributed by atoms with van der Waals surface area (Å²) < 4.78 is 15.2. The summed E-state index contributed by atoms with van der Waals surface area (Å²) in [4.78, 5) is 7.29. The molecule has 0 saturated carbocycles. The molecule has 58 heavy (non-hydrogen) atoms. The Morgan fingerprint density at radius 2 is 1.00 bits per heavy atom. The molecule has 272 valence electrons. The second-order valence-corrected chi connectivity index (χ2v) is 14.8. The largest absolute Gasteiger partial charge is 0.456 e. The Kier molecular flexibility index (Phi) is 7.16. The zero-order valence-corrected chi connectivity index (χ0v) is 31.2. The number of furan rings is 1. The number of rotatable bonds is 6. The van der Waals surface area contributed by atoms with E-state index in [2.05, 4.69) is 167 Å². The van der Waals surface area contributed by atoms with E-state index in [9.17, 15) is 0 Å². The molecule has 5 heteroatoms. The number of anilines is 3. The second kappa shape index (κ2) is 12.8. The van der Waals surface area contributed by atoms with Crippen molar-refractivity contribution in [1.29, 1.82) is 0 Å². The molecule has 0 radical (unpaired) electrons. The number of aromatic nitrogens is 2. The third-order valence-corrected chi connectivity index (χ3v) is 11.4. The summed E-state index contributed by atoms with van der Waals surface area (Å²) in [7, 11) is 0. The fourth-order valence-electron chi connectivity index (χ4n) is 8.75. The summed E-state index contributed by atoms with van der Waals surface area (Å²) in [5.41, 5.74) is 13.1. The van der Waals surface area contributed by atoms with Crippen LogP contribution in [-0.4, -0.2) is 9.55 Å². The van der Waals surface area contributed by atoms with Gasteiger partial charge in [-0.25, -0.2) is 4.98 Å². The van der Waals surface area contributed by atoms with Crippen LogP contribution in [0.15, 0.2) is 209 Å². The highest BCUT2D eigenvalue weighted by atomic mass is 16.3. The van der Waals surface area contributed by atoms with E-state index >= 15 is 0 Å². The summed E-state index contributed by atoms with van der Waals surface area (Å²) in [5, 5.41) is 6.79. The van der Waals surface area contributed by atoms with Crippen molar-refractivity contribution in [2.45, 2.75) is 0 Å². The molecule has 12 aromatic rings. The van der Waals surface area contributed by atoms with Crippen molar-refractivity contribution in [3.05, 3.63) is 200 Å². The molecule has 0 unspecified atom stereocenters. The van der Waals surface area contributed by atoms with Crippen molar-refractivity contribution < 1.29 is 8.83 Å². The van der Waals surface area contributed by atoms with E-state index in [0.717, 1.165) is 88.8 Å². The third-order valence-electron chi connectivity index (χ3n) is 11.4. The Morgan fingerprint density at radius 3 is 1.83 bits per heavy atom. The molecule has 3 aromatic heterocycles. The number of para-hydroxylation sites is 3. The topological polar surface area (TPSA) is 47.3 Å². The molecule has 0 N–H and O–H groups in total. The molecule has 9 aromatic carbocycles. The monoisotopic (exact) mass is 743 g/mol. The minimum atomic E-state index is 0.620. The van der Waals surface area contributed by atoms with Gasteiger partial charge in [0.05, 0.1) is 11.0 Å². The summed E-state index contributed by atoms with van der Waals surface area (Å²) in [6.45, 7) is 0. The Hall–Kier alpha value is -7.89. The van der Waals surface area contributed by atoms with Crippen LogP contribution in [0.3, 0.4) is 0 Å². The van der Waals surface area contributed by atoms with E-state index < -0.39 is 0 Å². The number of benzene rings is 9. The molecule has 0 aliphatic rings. The van der Waals surface area contributed by atoms with Crippen LogP contribution in [0.2, 0.25) is 0 Å². The molecule has 0 fully saturated rings. The number of hydrogen-bond acceptors (Lipinski definition) is 4. The van der Waals surface area contributed by atoms with Gasteiger partial charge in [0.2, 0.25) is 5.89 Å². The first kappa shape index (κ1) is 32.4. The molecule has 0 aliphatic heterocycles. The highest BCUT2D eigenvalue weighted by Crippen LogP contribution is 2.43. The lowest BCUT2D eigenvalue weighted by Gasteiger charge is -2.26. The van der Waals surface area contributed by atoms with Crippen LogP contribution in [0.5, 0.6) is 0 Å². The lowest BCUT2D eigenvalue weighted by Crippen LogP contribution is -2.09. The normalized spacial score (nSPS) is 11.8. The van der Waals surface area contributed by atoms with Crippen LogP contribution in [0.25, 0.3) is 93.9 Å². The molecule has 12 rings (SSSR count). The van der Waals surface area contributed by atoms with Crippen LogP contribution in [0.4, 0.5) is 17.1 Å². The number of hydrogen-bond donors (Lipinski definition) is 0. The number of fused-ring (bicyclic) bond motifs is 9. The van der Waals surface area contributed by atoms with Gasteiger partial charge in [0.25, 0.3) is 0 Å². The van der Waals surface area contributed by atoms with Crippen molar-refractivity contribution in [2.24, 2.45) is 0 Å². The summed E-state index contributed by atoms with van der Waals surface area (Å²) in [6, 6.07) is 70.4. The Morgan fingerprint density at radius 1 is 0.379 bits per heavy atom. The maximum atomic E-state index is 6.43. The van der Waals surface area contributed by atoms with Crippen molar-refractivity contribution in [1.82, 2.24) is 9.55 Å².